The van der Waals surface area contributed by atoms with Crippen molar-refractivity contribution >= 4 is 23.3 Å². The van der Waals surface area contributed by atoms with Crippen molar-refractivity contribution in [2.75, 3.05) is 11.9 Å². The number of carbonyl (C=O) groups excluding carboxylic acids is 1. The minimum Gasteiger partial charge on any atom is -0.449 e. The number of hydrogen-bond acceptors (Lipinski definition) is 5. The van der Waals surface area contributed by atoms with Gasteiger partial charge in [-0.15, -0.1) is 11.3 Å². The molecule has 0 spiro atoms. The SMILES string of the molecule is O=C(NCCn1nc(-c2cccs2)ccc1=O)Nc1ccco1. The lowest BCUT2D eigenvalue weighted by Crippen LogP contribution is -2.34. The standard InChI is InChI=1S/C15H14N4O3S/c20-14-6-5-11(12-3-2-10-23-12)18-19(14)8-7-16-15(21)17-13-4-1-9-22-13/h1-6,9-10H,7-8H2,(H2,16,17,21). The van der Waals surface area contributed by atoms with Gasteiger partial charge in [0.1, 0.15) is 5.69 Å². The summed E-state index contributed by atoms with van der Waals surface area (Å²) in [6.45, 7) is 0.553. The molecule has 0 saturated heterocycles. The highest BCUT2D eigenvalue weighted by molar-refractivity contribution is 7.13. The summed E-state index contributed by atoms with van der Waals surface area (Å²) in [7, 11) is 0. The van der Waals surface area contributed by atoms with Crippen molar-refractivity contribution in [3.63, 3.8) is 0 Å². The van der Waals surface area contributed by atoms with Crippen molar-refractivity contribution in [3.05, 3.63) is 58.4 Å². The topological polar surface area (TPSA) is 89.2 Å². The fourth-order valence-corrected chi connectivity index (χ4v) is 2.64. The third-order valence-electron chi connectivity index (χ3n) is 3.01. The molecule has 0 aromatic carbocycles. The fraction of sp³-hybridized carbons (Fsp3) is 0.133. The summed E-state index contributed by atoms with van der Waals surface area (Å²) in [5, 5.41) is 11.4. The van der Waals surface area contributed by atoms with E-state index in [1.807, 2.05) is 17.5 Å². The van der Waals surface area contributed by atoms with Crippen LogP contribution in [-0.2, 0) is 6.54 Å². The zero-order chi connectivity index (χ0) is 16.1. The highest BCUT2D eigenvalue weighted by Crippen LogP contribution is 2.20. The van der Waals surface area contributed by atoms with Crippen LogP contribution in [0.25, 0.3) is 10.6 Å². The minimum absolute atomic E-state index is 0.210. The molecule has 0 atom stereocenters. The Morgan fingerprint density at radius 2 is 2.17 bits per heavy atom. The molecule has 7 nitrogen and oxygen atoms in total. The lowest BCUT2D eigenvalue weighted by atomic mass is 10.3. The van der Waals surface area contributed by atoms with Gasteiger partial charge >= 0.3 is 6.03 Å². The van der Waals surface area contributed by atoms with E-state index >= 15 is 0 Å². The lowest BCUT2D eigenvalue weighted by Gasteiger charge is -2.08. The van der Waals surface area contributed by atoms with Crippen LogP contribution < -0.4 is 16.2 Å². The molecule has 3 aromatic rings. The van der Waals surface area contributed by atoms with Crippen molar-refractivity contribution in [1.29, 1.82) is 0 Å². The summed E-state index contributed by atoms with van der Waals surface area (Å²) >= 11 is 1.55. The molecule has 0 aliphatic carbocycles. The lowest BCUT2D eigenvalue weighted by molar-refractivity contribution is 0.251. The zero-order valence-corrected chi connectivity index (χ0v) is 12.9. The normalized spacial score (nSPS) is 10.4. The molecule has 0 saturated carbocycles. The van der Waals surface area contributed by atoms with Crippen LogP contribution in [0.4, 0.5) is 10.7 Å². The predicted octanol–water partition coefficient (Wildman–Crippen LogP) is 2.39. The number of aromatic nitrogens is 2. The number of nitrogens with one attached hydrogen (secondary N) is 2. The first-order chi connectivity index (χ1) is 11.2. The average Bonchev–Trinajstić information content (AvgIpc) is 3.22. The Labute approximate surface area is 135 Å². The van der Waals surface area contributed by atoms with Crippen LogP contribution in [0.15, 0.2) is 57.3 Å². The average molecular weight is 330 g/mol. The van der Waals surface area contributed by atoms with E-state index in [1.54, 1.807) is 29.5 Å². The minimum atomic E-state index is -0.401. The number of rotatable bonds is 5. The van der Waals surface area contributed by atoms with Gasteiger partial charge in [0.25, 0.3) is 5.56 Å². The van der Waals surface area contributed by atoms with E-state index in [0.29, 0.717) is 5.88 Å². The first-order valence-corrected chi connectivity index (χ1v) is 7.81. The number of nitrogens with zero attached hydrogens (tertiary/aromatic N) is 2. The van der Waals surface area contributed by atoms with Gasteiger partial charge in [0.15, 0.2) is 0 Å². The first-order valence-electron chi connectivity index (χ1n) is 6.93. The Morgan fingerprint density at radius 3 is 2.91 bits per heavy atom. The van der Waals surface area contributed by atoms with Gasteiger partial charge < -0.3 is 9.73 Å². The highest BCUT2D eigenvalue weighted by Gasteiger charge is 2.06. The molecule has 2 amide bonds. The number of urea groups is 1. The largest absolute Gasteiger partial charge is 0.449 e. The summed E-state index contributed by atoms with van der Waals surface area (Å²) < 4.78 is 6.34. The molecule has 0 fully saturated rings. The third kappa shape index (κ3) is 3.86. The van der Waals surface area contributed by atoms with Crippen LogP contribution in [0.2, 0.25) is 0 Å². The van der Waals surface area contributed by atoms with Crippen LogP contribution >= 0.6 is 11.3 Å². The van der Waals surface area contributed by atoms with Crippen molar-refractivity contribution in [2.45, 2.75) is 6.54 Å². The number of carbonyl (C=O) groups is 1. The maximum atomic E-state index is 11.8. The van der Waals surface area contributed by atoms with Crippen molar-refractivity contribution in [1.82, 2.24) is 15.1 Å². The number of thiophene rings is 1. The molecule has 23 heavy (non-hydrogen) atoms. The van der Waals surface area contributed by atoms with Crippen molar-refractivity contribution < 1.29 is 9.21 Å². The first kappa shape index (κ1) is 15.0. The summed E-state index contributed by atoms with van der Waals surface area (Å²) in [6, 6.07) is 9.95. The smallest absolute Gasteiger partial charge is 0.321 e. The molecule has 3 aromatic heterocycles. The molecule has 0 aliphatic rings. The van der Waals surface area contributed by atoms with Gasteiger partial charge in [-0.1, -0.05) is 6.07 Å². The van der Waals surface area contributed by atoms with Crippen LogP contribution in [0, 0.1) is 0 Å². The molecule has 2 N–H and O–H groups in total. The molecule has 0 unspecified atom stereocenters. The van der Waals surface area contributed by atoms with Crippen LogP contribution in [0.3, 0.4) is 0 Å². The molecule has 0 bridgehead atoms. The van der Waals surface area contributed by atoms with E-state index in [9.17, 15) is 9.59 Å². The van der Waals surface area contributed by atoms with Crippen LogP contribution in [-0.4, -0.2) is 22.4 Å². The Balaban J connectivity index is 1.58. The van der Waals surface area contributed by atoms with Gasteiger partial charge in [-0.3, -0.25) is 10.1 Å². The Bertz CT molecular complexity index is 825. The molecule has 118 valence electrons. The second kappa shape index (κ2) is 6.93. The highest BCUT2D eigenvalue weighted by atomic mass is 32.1. The Hall–Kier alpha value is -2.87. The van der Waals surface area contributed by atoms with Gasteiger partial charge in [0, 0.05) is 18.7 Å². The molecular weight excluding hydrogens is 316 g/mol. The number of anilines is 1. The van der Waals surface area contributed by atoms with E-state index < -0.39 is 6.03 Å². The van der Waals surface area contributed by atoms with Gasteiger partial charge in [0.2, 0.25) is 5.88 Å². The molecule has 0 radical (unpaired) electrons. The fourth-order valence-electron chi connectivity index (χ4n) is 1.95. The van der Waals surface area contributed by atoms with Crippen molar-refractivity contribution in [3.8, 4) is 10.6 Å². The maximum absolute atomic E-state index is 11.8. The van der Waals surface area contributed by atoms with E-state index in [-0.39, 0.29) is 18.6 Å². The second-order valence-corrected chi connectivity index (χ2v) is 5.56. The summed E-state index contributed by atoms with van der Waals surface area (Å²) in [4.78, 5) is 24.5. The van der Waals surface area contributed by atoms with Gasteiger partial charge in [-0.25, -0.2) is 9.48 Å². The number of furan rings is 1. The molecular formula is C15H14N4O3S. The van der Waals surface area contributed by atoms with Gasteiger partial charge in [-0.05, 0) is 23.6 Å². The van der Waals surface area contributed by atoms with Gasteiger partial charge in [0.05, 0.1) is 17.7 Å². The molecule has 3 rings (SSSR count). The monoisotopic (exact) mass is 330 g/mol. The van der Waals surface area contributed by atoms with E-state index in [4.69, 9.17) is 4.42 Å². The molecule has 0 aliphatic heterocycles. The number of amides is 2. The maximum Gasteiger partial charge on any atom is 0.321 e. The predicted molar refractivity (Wildman–Crippen MR) is 87.5 cm³/mol. The van der Waals surface area contributed by atoms with Crippen LogP contribution in [0.1, 0.15) is 0 Å². The van der Waals surface area contributed by atoms with E-state index in [0.717, 1.165) is 10.6 Å². The van der Waals surface area contributed by atoms with Crippen LogP contribution in [0.5, 0.6) is 0 Å². The number of hydrogen-bond donors (Lipinski definition) is 2. The van der Waals surface area contributed by atoms with Gasteiger partial charge in [-0.2, -0.15) is 5.10 Å². The molecule has 3 heterocycles. The third-order valence-corrected chi connectivity index (χ3v) is 3.90. The van der Waals surface area contributed by atoms with Crippen molar-refractivity contribution in [2.24, 2.45) is 0 Å². The quantitative estimate of drug-likeness (QED) is 0.752. The Kier molecular flexibility index (Phi) is 4.53. The summed E-state index contributed by atoms with van der Waals surface area (Å²) in [5.41, 5.74) is 0.526. The zero-order valence-electron chi connectivity index (χ0n) is 12.1. The van der Waals surface area contributed by atoms with E-state index in [1.165, 1.54) is 17.0 Å². The van der Waals surface area contributed by atoms with E-state index in [2.05, 4.69) is 15.7 Å². The summed E-state index contributed by atoms with van der Waals surface area (Å²) in [6.07, 6.45) is 1.47. The Morgan fingerprint density at radius 1 is 1.26 bits per heavy atom. The summed E-state index contributed by atoms with van der Waals surface area (Å²) in [5.74, 6) is 0.359. The second-order valence-electron chi connectivity index (χ2n) is 4.62. The molecule has 8 heteroatoms.